The lowest BCUT2D eigenvalue weighted by atomic mass is 10.2. The number of rotatable bonds is 5. The largest absolute Gasteiger partial charge is 0.350 e. The summed E-state index contributed by atoms with van der Waals surface area (Å²) in [7, 11) is 0. The molecule has 0 fully saturated rings. The molecule has 1 heterocycles. The molecule has 0 atom stereocenters. The number of hydrogen-bond acceptors (Lipinski definition) is 4. The number of amides is 1. The van der Waals surface area contributed by atoms with Gasteiger partial charge < -0.3 is 10.6 Å². The molecule has 0 saturated heterocycles. The van der Waals surface area contributed by atoms with Crippen molar-refractivity contribution in [2.24, 2.45) is 5.92 Å². The maximum absolute atomic E-state index is 11.8. The molecule has 6 heteroatoms. The molecular weight excluding hydrogens is 288 g/mol. The zero-order valence-electron chi connectivity index (χ0n) is 11.9. The summed E-state index contributed by atoms with van der Waals surface area (Å²) in [5.41, 5.74) is 1.16. The summed E-state index contributed by atoms with van der Waals surface area (Å²) in [5.74, 6) is 0.750. The second-order valence-electron chi connectivity index (χ2n) is 5.02. The van der Waals surface area contributed by atoms with Crippen molar-refractivity contribution in [3.05, 3.63) is 47.4 Å². The first-order valence-electron chi connectivity index (χ1n) is 6.67. The van der Waals surface area contributed by atoms with E-state index in [1.807, 2.05) is 26.0 Å². The predicted octanol–water partition coefficient (Wildman–Crippen LogP) is 3.26. The van der Waals surface area contributed by atoms with Gasteiger partial charge in [0.1, 0.15) is 11.5 Å². The van der Waals surface area contributed by atoms with Crippen molar-refractivity contribution in [1.29, 1.82) is 0 Å². The Kier molecular flexibility index (Phi) is 5.11. The third kappa shape index (κ3) is 4.72. The van der Waals surface area contributed by atoms with Gasteiger partial charge in [0.25, 0.3) is 5.91 Å². The number of anilines is 2. The van der Waals surface area contributed by atoms with Crippen LogP contribution in [0.4, 0.5) is 11.5 Å². The molecule has 2 aromatic rings. The predicted molar refractivity (Wildman–Crippen MR) is 83.9 cm³/mol. The number of nitrogens with zero attached hydrogens (tertiary/aromatic N) is 2. The number of carbonyl (C=O) groups is 1. The Morgan fingerprint density at radius 1 is 1.19 bits per heavy atom. The van der Waals surface area contributed by atoms with Gasteiger partial charge >= 0.3 is 0 Å². The molecule has 2 rings (SSSR count). The zero-order chi connectivity index (χ0) is 15.2. The van der Waals surface area contributed by atoms with E-state index in [2.05, 4.69) is 20.6 Å². The van der Waals surface area contributed by atoms with Gasteiger partial charge in [0.15, 0.2) is 0 Å². The third-order valence-electron chi connectivity index (χ3n) is 2.67. The van der Waals surface area contributed by atoms with Crippen LogP contribution < -0.4 is 10.6 Å². The van der Waals surface area contributed by atoms with E-state index in [-0.39, 0.29) is 5.91 Å². The van der Waals surface area contributed by atoms with Crippen molar-refractivity contribution in [2.45, 2.75) is 13.8 Å². The lowest BCUT2D eigenvalue weighted by Crippen LogP contribution is -2.28. The second-order valence-corrected chi connectivity index (χ2v) is 5.46. The Labute approximate surface area is 128 Å². The summed E-state index contributed by atoms with van der Waals surface area (Å²) in [5, 5.41) is 6.55. The Morgan fingerprint density at radius 2 is 1.90 bits per heavy atom. The minimum atomic E-state index is -0.214. The summed E-state index contributed by atoms with van der Waals surface area (Å²) in [4.78, 5) is 20.1. The number of halogens is 1. The van der Waals surface area contributed by atoms with Gasteiger partial charge in [-0.1, -0.05) is 25.4 Å². The van der Waals surface area contributed by atoms with Crippen LogP contribution in [0.15, 0.2) is 36.7 Å². The lowest BCUT2D eigenvalue weighted by molar-refractivity contribution is 0.0943. The summed E-state index contributed by atoms with van der Waals surface area (Å²) in [6.07, 6.45) is 2.98. The van der Waals surface area contributed by atoms with Crippen molar-refractivity contribution in [3.8, 4) is 0 Å². The highest BCUT2D eigenvalue weighted by Gasteiger charge is 2.08. The molecule has 0 spiro atoms. The number of nitrogens with one attached hydrogen (secondary N) is 2. The molecule has 0 radical (unpaired) electrons. The molecule has 1 amide bonds. The maximum atomic E-state index is 11.8. The molecular formula is C15H17ClN4O. The first kappa shape index (κ1) is 15.3. The quantitative estimate of drug-likeness (QED) is 0.890. The number of hydrogen-bond donors (Lipinski definition) is 2. The number of benzene rings is 1. The molecule has 0 aliphatic rings. The summed E-state index contributed by atoms with van der Waals surface area (Å²) in [6, 6.07) is 7.25. The fourth-order valence-electron chi connectivity index (χ4n) is 1.58. The van der Waals surface area contributed by atoms with E-state index in [1.165, 1.54) is 12.4 Å². The van der Waals surface area contributed by atoms with Crippen LogP contribution in [0, 0.1) is 5.92 Å². The first-order chi connectivity index (χ1) is 10.0. The van der Waals surface area contributed by atoms with Crippen molar-refractivity contribution < 1.29 is 4.79 Å². The second kappa shape index (κ2) is 7.04. The van der Waals surface area contributed by atoms with Gasteiger partial charge in [0.2, 0.25) is 0 Å². The van der Waals surface area contributed by atoms with Gasteiger partial charge in [0.05, 0.1) is 12.4 Å². The minimum Gasteiger partial charge on any atom is -0.350 e. The molecule has 1 aromatic carbocycles. The van der Waals surface area contributed by atoms with Crippen molar-refractivity contribution in [1.82, 2.24) is 15.3 Å². The molecule has 21 heavy (non-hydrogen) atoms. The van der Waals surface area contributed by atoms with E-state index in [4.69, 9.17) is 11.6 Å². The van der Waals surface area contributed by atoms with Crippen molar-refractivity contribution in [2.75, 3.05) is 11.9 Å². The van der Waals surface area contributed by atoms with Crippen LogP contribution in [-0.2, 0) is 0 Å². The standard InChI is InChI=1S/C15H17ClN4O/c1-10(2)7-19-15(21)13-8-18-14(9-17-13)20-12-5-3-11(16)4-6-12/h3-6,8-10H,7H2,1-2H3,(H,18,20)(H,19,21). The van der Waals surface area contributed by atoms with E-state index in [1.54, 1.807) is 12.1 Å². The van der Waals surface area contributed by atoms with Gasteiger partial charge in [-0.05, 0) is 30.2 Å². The Morgan fingerprint density at radius 3 is 2.48 bits per heavy atom. The highest BCUT2D eigenvalue weighted by atomic mass is 35.5. The third-order valence-corrected chi connectivity index (χ3v) is 2.92. The van der Waals surface area contributed by atoms with E-state index in [0.29, 0.717) is 29.0 Å². The molecule has 2 N–H and O–H groups in total. The summed E-state index contributed by atoms with van der Waals surface area (Å²) >= 11 is 5.82. The minimum absolute atomic E-state index is 0.214. The average molecular weight is 305 g/mol. The monoisotopic (exact) mass is 304 g/mol. The normalized spacial score (nSPS) is 10.5. The van der Waals surface area contributed by atoms with Crippen LogP contribution in [0.5, 0.6) is 0 Å². The Balaban J connectivity index is 1.98. The summed E-state index contributed by atoms with van der Waals surface area (Å²) in [6.45, 7) is 4.68. The molecule has 1 aromatic heterocycles. The van der Waals surface area contributed by atoms with Gasteiger partial charge in [0, 0.05) is 17.3 Å². The van der Waals surface area contributed by atoms with Crippen LogP contribution in [0.3, 0.4) is 0 Å². The number of aromatic nitrogens is 2. The molecule has 110 valence electrons. The molecule has 0 bridgehead atoms. The SMILES string of the molecule is CC(C)CNC(=O)c1cnc(Nc2ccc(Cl)cc2)cn1. The van der Waals surface area contributed by atoms with Crippen LogP contribution >= 0.6 is 11.6 Å². The fourth-order valence-corrected chi connectivity index (χ4v) is 1.70. The van der Waals surface area contributed by atoms with Crippen LogP contribution in [0.25, 0.3) is 0 Å². The van der Waals surface area contributed by atoms with Gasteiger partial charge in [-0.15, -0.1) is 0 Å². The fraction of sp³-hybridized carbons (Fsp3) is 0.267. The van der Waals surface area contributed by atoms with Crippen LogP contribution in [0.1, 0.15) is 24.3 Å². The Hall–Kier alpha value is -2.14. The highest BCUT2D eigenvalue weighted by Crippen LogP contribution is 2.16. The highest BCUT2D eigenvalue weighted by molar-refractivity contribution is 6.30. The van der Waals surface area contributed by atoms with Gasteiger partial charge in [-0.3, -0.25) is 4.79 Å². The van der Waals surface area contributed by atoms with Gasteiger partial charge in [-0.25, -0.2) is 9.97 Å². The van der Waals surface area contributed by atoms with E-state index < -0.39 is 0 Å². The molecule has 5 nitrogen and oxygen atoms in total. The maximum Gasteiger partial charge on any atom is 0.271 e. The number of carbonyl (C=O) groups excluding carboxylic acids is 1. The summed E-state index contributed by atoms with van der Waals surface area (Å²) < 4.78 is 0. The smallest absolute Gasteiger partial charge is 0.271 e. The average Bonchev–Trinajstić information content (AvgIpc) is 2.48. The van der Waals surface area contributed by atoms with Crippen LogP contribution in [-0.4, -0.2) is 22.4 Å². The molecule has 0 aliphatic carbocycles. The Bertz CT molecular complexity index is 596. The topological polar surface area (TPSA) is 66.9 Å². The van der Waals surface area contributed by atoms with Crippen molar-refractivity contribution in [3.63, 3.8) is 0 Å². The van der Waals surface area contributed by atoms with E-state index in [0.717, 1.165) is 5.69 Å². The first-order valence-corrected chi connectivity index (χ1v) is 7.05. The van der Waals surface area contributed by atoms with E-state index in [9.17, 15) is 4.79 Å². The molecule has 0 unspecified atom stereocenters. The lowest BCUT2D eigenvalue weighted by Gasteiger charge is -2.08. The zero-order valence-corrected chi connectivity index (χ0v) is 12.7. The van der Waals surface area contributed by atoms with E-state index >= 15 is 0 Å². The molecule has 0 aliphatic heterocycles. The molecule has 0 saturated carbocycles. The van der Waals surface area contributed by atoms with Crippen LogP contribution in [0.2, 0.25) is 5.02 Å². The van der Waals surface area contributed by atoms with Crippen molar-refractivity contribution >= 4 is 29.0 Å². The van der Waals surface area contributed by atoms with Gasteiger partial charge in [-0.2, -0.15) is 0 Å².